The maximum atomic E-state index is 6.76. The van der Waals surface area contributed by atoms with Gasteiger partial charge in [-0.15, -0.1) is 0 Å². The van der Waals surface area contributed by atoms with E-state index in [9.17, 15) is 0 Å². The van der Waals surface area contributed by atoms with Crippen LogP contribution in [0.5, 0.6) is 5.75 Å². The summed E-state index contributed by atoms with van der Waals surface area (Å²) in [6.45, 7) is 16.5. The molecule has 3 aliphatic rings. The van der Waals surface area contributed by atoms with Gasteiger partial charge in [0.25, 0.3) is 0 Å². The number of hydrogen-bond acceptors (Lipinski definition) is 3. The molecule has 0 bridgehead atoms. The monoisotopic (exact) mass is 853 g/mol. The van der Waals surface area contributed by atoms with E-state index < -0.39 is 0 Å². The molecule has 66 heavy (non-hydrogen) atoms. The van der Waals surface area contributed by atoms with Crippen LogP contribution in [0.15, 0.2) is 183 Å². The quantitative estimate of drug-likeness (QED) is 0.162. The molecule has 0 amide bonds. The summed E-state index contributed by atoms with van der Waals surface area (Å²) in [6, 6.07) is 61.8. The molecule has 1 aliphatic carbocycles. The maximum Gasteiger partial charge on any atom is 0.198 e. The topological polar surface area (TPSA) is 29.4 Å². The lowest BCUT2D eigenvalue weighted by atomic mass is 9.58. The number of rotatable bonds is 7. The van der Waals surface area contributed by atoms with E-state index in [2.05, 4.69) is 226 Å². The van der Waals surface area contributed by atoms with Crippen LogP contribution in [0.3, 0.4) is 0 Å². The largest absolute Gasteiger partial charge is 0.456 e. The molecule has 0 unspecified atom stereocenters. The number of anilines is 5. The molecule has 8 aromatic carbocycles. The van der Waals surface area contributed by atoms with Crippen LogP contribution in [0.25, 0.3) is 50.0 Å². The van der Waals surface area contributed by atoms with Crippen LogP contribution in [0.2, 0.25) is 0 Å². The second-order valence-electron chi connectivity index (χ2n) is 19.8. The van der Waals surface area contributed by atoms with Gasteiger partial charge in [-0.1, -0.05) is 143 Å². The van der Waals surface area contributed by atoms with Crippen molar-refractivity contribution in [3.05, 3.63) is 210 Å². The first-order valence-corrected chi connectivity index (χ1v) is 23.4. The number of para-hydroxylation sites is 3. The molecule has 320 valence electrons. The van der Waals surface area contributed by atoms with E-state index in [1.54, 1.807) is 0 Å². The van der Waals surface area contributed by atoms with Crippen molar-refractivity contribution in [1.29, 1.82) is 0 Å². The van der Waals surface area contributed by atoms with Crippen molar-refractivity contribution >= 4 is 79.8 Å². The molecule has 9 aromatic rings. The summed E-state index contributed by atoms with van der Waals surface area (Å²) in [5.41, 5.74) is 21.4. The third-order valence-electron chi connectivity index (χ3n) is 14.7. The molecule has 4 nitrogen and oxygen atoms in total. The van der Waals surface area contributed by atoms with Gasteiger partial charge < -0.3 is 19.5 Å². The van der Waals surface area contributed by atoms with Crippen LogP contribution in [0.4, 0.5) is 28.4 Å². The van der Waals surface area contributed by atoms with E-state index in [0.29, 0.717) is 0 Å². The molecule has 0 radical (unpaired) electrons. The Morgan fingerprint density at radius 3 is 2.03 bits per heavy atom. The van der Waals surface area contributed by atoms with E-state index in [0.717, 1.165) is 81.6 Å². The number of nitrogens with one attached hydrogen (secondary N) is 1. The zero-order valence-corrected chi connectivity index (χ0v) is 38.4. The molecular formula is C61H52BN3O. The fraction of sp³-hybridized carbons (Fsp3) is 0.148. The molecule has 2 aliphatic heterocycles. The number of nitrogens with zero attached hydrogens (tertiary/aromatic N) is 2. The van der Waals surface area contributed by atoms with Crippen LogP contribution in [0, 0.1) is 6.92 Å². The van der Waals surface area contributed by atoms with Crippen LogP contribution >= 0.6 is 0 Å². The van der Waals surface area contributed by atoms with Crippen LogP contribution in [0.1, 0.15) is 68.4 Å². The number of hydrogen-bond donors (Lipinski definition) is 1. The first-order chi connectivity index (χ1) is 32.0. The standard InChI is InChI=1S/C61H52BN3O/c1-38-33-55(40-18-10-7-11-19-40)66-56-37-54-51(36-46(38)56)62-58-48(32-39(2)57-45-24-16-17-25-53(45)65(54)59(57)58)47-35-44(64(42-20-12-8-13-21-42)43-22-14-9-15-23-43)27-29-52(47)63-41-26-28-49-50(34-41)61(5,6)31-30-60(49,3)4/h7-29,32-37,62-63H,1,30-31H2,2-6H3. The summed E-state index contributed by atoms with van der Waals surface area (Å²) in [6.07, 6.45) is 4.43. The second kappa shape index (κ2) is 15.0. The molecule has 0 atom stereocenters. The first kappa shape index (κ1) is 40.0. The fourth-order valence-corrected chi connectivity index (χ4v) is 11.1. The van der Waals surface area contributed by atoms with Crippen LogP contribution in [-0.2, 0) is 10.8 Å². The Morgan fingerprint density at radius 2 is 1.30 bits per heavy atom. The van der Waals surface area contributed by atoms with Gasteiger partial charge in [0.15, 0.2) is 7.28 Å². The minimum atomic E-state index is 0.0860. The minimum Gasteiger partial charge on any atom is -0.456 e. The van der Waals surface area contributed by atoms with Crippen molar-refractivity contribution in [3.63, 3.8) is 0 Å². The molecule has 0 fully saturated rings. The van der Waals surface area contributed by atoms with E-state index >= 15 is 0 Å². The Morgan fingerprint density at radius 1 is 0.636 bits per heavy atom. The van der Waals surface area contributed by atoms with Gasteiger partial charge in [-0.2, -0.15) is 0 Å². The SMILES string of the molecule is C=C1C=C(c2ccccc2)Oc2cc3c(cc21)Bc1c(-c2cc(N(c4ccccc4)c4ccccc4)ccc2Nc2ccc4c(c2)C(C)(C)CCC4(C)C)cc(C)c2c4ccccc4n-3c12. The lowest BCUT2D eigenvalue weighted by Crippen LogP contribution is -2.38. The smallest absolute Gasteiger partial charge is 0.198 e. The van der Waals surface area contributed by atoms with Crippen LogP contribution in [-0.4, -0.2) is 11.8 Å². The van der Waals surface area contributed by atoms with Gasteiger partial charge >= 0.3 is 0 Å². The molecule has 1 N–H and O–H groups in total. The zero-order valence-electron chi connectivity index (χ0n) is 38.4. The predicted molar refractivity (Wildman–Crippen MR) is 281 cm³/mol. The van der Waals surface area contributed by atoms with Gasteiger partial charge in [-0.25, -0.2) is 0 Å². The molecule has 0 saturated heterocycles. The lowest BCUT2D eigenvalue weighted by molar-refractivity contribution is 0.332. The molecule has 0 spiro atoms. The third kappa shape index (κ3) is 6.43. The number of aryl methyl sites for hydroxylation is 1. The Hall–Kier alpha value is -7.50. The second-order valence-corrected chi connectivity index (χ2v) is 19.8. The summed E-state index contributed by atoms with van der Waals surface area (Å²) in [5, 5.41) is 6.58. The van der Waals surface area contributed by atoms with Gasteiger partial charge in [-0.3, -0.25) is 0 Å². The Labute approximate surface area is 388 Å². The van der Waals surface area contributed by atoms with Gasteiger partial charge in [0.2, 0.25) is 0 Å². The number of aromatic nitrogens is 1. The molecule has 12 rings (SSSR count). The highest BCUT2D eigenvalue weighted by molar-refractivity contribution is 6.73. The normalized spacial score (nSPS) is 15.2. The third-order valence-corrected chi connectivity index (χ3v) is 14.7. The number of ether oxygens (including phenoxy) is 1. The molecule has 3 heterocycles. The van der Waals surface area contributed by atoms with E-state index in [4.69, 9.17) is 4.74 Å². The summed E-state index contributed by atoms with van der Waals surface area (Å²) >= 11 is 0. The van der Waals surface area contributed by atoms with E-state index in [1.807, 2.05) is 6.07 Å². The number of allylic oxidation sites excluding steroid dienone is 2. The Bertz CT molecular complexity index is 3430. The van der Waals surface area contributed by atoms with Gasteiger partial charge in [0.05, 0.1) is 5.52 Å². The Balaban J connectivity index is 1.09. The molecule has 5 heteroatoms. The van der Waals surface area contributed by atoms with Crippen molar-refractivity contribution in [3.8, 4) is 22.6 Å². The Kier molecular flexibility index (Phi) is 9.12. The summed E-state index contributed by atoms with van der Waals surface area (Å²) in [7, 11) is 0.750. The molecular weight excluding hydrogens is 802 g/mol. The van der Waals surface area contributed by atoms with E-state index in [1.165, 1.54) is 61.4 Å². The van der Waals surface area contributed by atoms with Crippen LogP contribution < -0.4 is 25.9 Å². The summed E-state index contributed by atoms with van der Waals surface area (Å²) in [5.74, 6) is 1.65. The highest BCUT2D eigenvalue weighted by Crippen LogP contribution is 2.48. The minimum absolute atomic E-state index is 0.0860. The lowest BCUT2D eigenvalue weighted by Gasteiger charge is -2.42. The average molecular weight is 854 g/mol. The molecule has 0 saturated carbocycles. The van der Waals surface area contributed by atoms with Crippen molar-refractivity contribution in [2.75, 3.05) is 10.2 Å². The van der Waals surface area contributed by atoms with Gasteiger partial charge in [0.1, 0.15) is 11.5 Å². The van der Waals surface area contributed by atoms with E-state index in [-0.39, 0.29) is 10.8 Å². The summed E-state index contributed by atoms with van der Waals surface area (Å²) in [4.78, 5) is 2.37. The average Bonchev–Trinajstić information content (AvgIpc) is 3.69. The van der Waals surface area contributed by atoms with Crippen molar-refractivity contribution < 1.29 is 4.74 Å². The van der Waals surface area contributed by atoms with Crippen molar-refractivity contribution in [2.45, 2.75) is 58.3 Å². The molecule has 1 aromatic heterocycles. The number of benzene rings is 8. The highest BCUT2D eigenvalue weighted by atomic mass is 16.5. The predicted octanol–water partition coefficient (Wildman–Crippen LogP) is 14.5. The summed E-state index contributed by atoms with van der Waals surface area (Å²) < 4.78 is 9.26. The zero-order chi connectivity index (χ0) is 44.9. The maximum absolute atomic E-state index is 6.76. The highest BCUT2D eigenvalue weighted by Gasteiger charge is 2.37. The van der Waals surface area contributed by atoms with Crippen molar-refractivity contribution in [1.82, 2.24) is 4.57 Å². The number of fused-ring (bicyclic) bond motifs is 7. The van der Waals surface area contributed by atoms with Crippen molar-refractivity contribution in [2.24, 2.45) is 0 Å². The van der Waals surface area contributed by atoms with Gasteiger partial charge in [0, 0.05) is 73.2 Å². The first-order valence-electron chi connectivity index (χ1n) is 23.4. The van der Waals surface area contributed by atoms with Gasteiger partial charge in [-0.05, 0) is 131 Å². The fourth-order valence-electron chi connectivity index (χ4n) is 11.1.